The van der Waals surface area contributed by atoms with Crippen molar-refractivity contribution in [1.29, 1.82) is 0 Å². The van der Waals surface area contributed by atoms with Crippen LogP contribution in [-0.2, 0) is 114 Å². The Kier molecular flexibility index (Phi) is 47.6. The van der Waals surface area contributed by atoms with Gasteiger partial charge < -0.3 is 118 Å². The van der Waals surface area contributed by atoms with E-state index in [0.29, 0.717) is 122 Å². The van der Waals surface area contributed by atoms with Gasteiger partial charge in [0.15, 0.2) is 0 Å². The van der Waals surface area contributed by atoms with Crippen molar-refractivity contribution in [2.45, 2.75) is 135 Å². The number of aliphatic hydroxyl groups is 1. The number of hydrogen-bond acceptors (Lipinski definition) is 24. The quantitative estimate of drug-likeness (QED) is 0.0265. The third-order valence-electron chi connectivity index (χ3n) is 16.2. The molecule has 598 valence electrons. The number of aryl methyl sites for hydroxylation is 1. The standard InChI is InChI=1S/C70H114N12O23S/c1-6-47(4)62(82-58(85)17-16-48-11-9-13-50-51-14-10-12-49(64(51)105-63(48)50)18-22-74-65(90)52(15-7-8-21-71)79-68(93)55(42-57(73)84)81-69(94)56(45-83)78-59(86)43-72)70(95)76-44-60(87)77-54(41-46(2)3)67(92)80-53(20-40-106(5)96)66(91)75-23-25-98-27-29-100-31-33-102-35-37-104-39-38-103-36-34-101-32-30-99-28-26-97-24-19-61(88)89/h9-14,46-47,52-56,62,83H,6-8,15-45,71-72H2,1-5H3,(H2,73,84)(H,74,90)(H,75,91)(H,76,95)(H,77,87)(H,78,86)(H,79,93)(H,80,92)(H,81,94)(H,82,85)(H,88,89)/t47-,52-,53-,54-,55-,56-,62-,106?/m0/s1. The Morgan fingerprint density at radius 2 is 0.981 bits per heavy atom. The minimum Gasteiger partial charge on any atom is -0.481 e. The maximum Gasteiger partial charge on any atom is 0.305 e. The zero-order chi connectivity index (χ0) is 78.0. The normalized spacial score (nSPS) is 13.7. The smallest absolute Gasteiger partial charge is 0.305 e. The summed E-state index contributed by atoms with van der Waals surface area (Å²) in [6.45, 7) is 11.2. The number of ether oxygens (including phenoxy) is 8. The average molecular weight is 1520 g/mol. The second-order valence-corrected chi connectivity index (χ2v) is 26.7. The fourth-order valence-corrected chi connectivity index (χ4v) is 10.9. The molecule has 0 radical (unpaired) electrons. The summed E-state index contributed by atoms with van der Waals surface area (Å²) in [4.78, 5) is 143. The minimum absolute atomic E-state index is 0.0374. The summed E-state index contributed by atoms with van der Waals surface area (Å²) in [6, 6.07) is 3.61. The van der Waals surface area contributed by atoms with Gasteiger partial charge in [0.2, 0.25) is 59.1 Å². The van der Waals surface area contributed by atoms with Crippen molar-refractivity contribution in [3.05, 3.63) is 47.5 Å². The number of amides is 10. The molecule has 10 amide bonds. The largest absolute Gasteiger partial charge is 0.481 e. The number of primary amides is 1. The van der Waals surface area contributed by atoms with Crippen LogP contribution in [-0.4, -0.2) is 273 Å². The molecule has 1 aromatic heterocycles. The van der Waals surface area contributed by atoms with Crippen LogP contribution in [0.3, 0.4) is 0 Å². The molecule has 35 nitrogen and oxygen atoms in total. The molecule has 8 atom stereocenters. The topological polar surface area (TPSA) is 519 Å². The van der Waals surface area contributed by atoms with Crippen molar-refractivity contribution in [3.63, 3.8) is 0 Å². The minimum atomic E-state index is -1.57. The highest BCUT2D eigenvalue weighted by molar-refractivity contribution is 7.84. The molecule has 0 aliphatic heterocycles. The second kappa shape index (κ2) is 54.7. The van der Waals surface area contributed by atoms with Crippen LogP contribution in [0.4, 0.5) is 0 Å². The number of para-hydroxylation sites is 2. The van der Waals surface area contributed by atoms with Crippen molar-refractivity contribution in [1.82, 2.24) is 47.9 Å². The lowest BCUT2D eigenvalue weighted by Gasteiger charge is -2.25. The van der Waals surface area contributed by atoms with E-state index < -0.39 is 138 Å². The molecule has 0 saturated heterocycles. The molecular formula is C70H114N12O23S. The highest BCUT2D eigenvalue weighted by atomic mass is 32.2. The SMILES string of the molecule is CC[C@H](C)[C@H](NC(=O)CCc1cccc2c1oc1c(CCNC(=O)[C@H](CCCCN)NC(=O)[C@H](CC(N)=O)NC(=O)[C@H](CO)NC(=O)CN)cccc12)C(=O)NCC(=O)N[C@@H](CC(C)C)C(=O)N[C@@H](CCS(C)=O)C(=O)NCCOCCOCCOCCOCCOCCOCCOCCOCCC(=O)O. The third kappa shape index (κ3) is 38.6. The second-order valence-electron chi connectivity index (χ2n) is 25.2. The van der Waals surface area contributed by atoms with Gasteiger partial charge in [0.25, 0.3) is 0 Å². The first kappa shape index (κ1) is 92.3. The van der Waals surface area contributed by atoms with Gasteiger partial charge in [0.1, 0.15) is 47.4 Å². The number of rotatable bonds is 62. The van der Waals surface area contributed by atoms with Crippen molar-refractivity contribution in [3.8, 4) is 0 Å². The number of fused-ring (bicyclic) bond motifs is 3. The lowest BCUT2D eigenvalue weighted by atomic mass is 9.97. The molecule has 2 aromatic carbocycles. The first-order valence-electron chi connectivity index (χ1n) is 35.9. The summed E-state index contributed by atoms with van der Waals surface area (Å²) >= 11 is 0. The highest BCUT2D eigenvalue weighted by Gasteiger charge is 2.33. The number of furan rings is 1. The number of carboxylic acids is 1. The Morgan fingerprint density at radius 1 is 0.509 bits per heavy atom. The third-order valence-corrected chi connectivity index (χ3v) is 17.0. The Bertz CT molecular complexity index is 3200. The number of unbranched alkanes of at least 4 members (excludes halogenated alkanes) is 1. The molecule has 0 aliphatic rings. The fraction of sp³-hybridized carbons (Fsp3) is 0.671. The molecule has 0 fully saturated rings. The number of nitrogens with two attached hydrogens (primary N) is 3. The van der Waals surface area contributed by atoms with E-state index in [0.717, 1.165) is 16.3 Å². The van der Waals surface area contributed by atoms with Gasteiger partial charge in [-0.1, -0.05) is 70.5 Å². The van der Waals surface area contributed by atoms with Gasteiger partial charge in [-0.25, -0.2) is 0 Å². The van der Waals surface area contributed by atoms with E-state index in [1.807, 2.05) is 57.2 Å². The molecule has 36 heteroatoms. The summed E-state index contributed by atoms with van der Waals surface area (Å²) in [6.07, 6.45) is 2.98. The van der Waals surface area contributed by atoms with Gasteiger partial charge in [-0.15, -0.1) is 0 Å². The number of aliphatic carboxylic acids is 1. The van der Waals surface area contributed by atoms with Crippen molar-refractivity contribution < 1.29 is 109 Å². The van der Waals surface area contributed by atoms with Crippen molar-refractivity contribution >= 4 is 97.8 Å². The molecular weight excluding hydrogens is 1410 g/mol. The highest BCUT2D eigenvalue weighted by Crippen LogP contribution is 2.33. The zero-order valence-electron chi connectivity index (χ0n) is 61.7. The van der Waals surface area contributed by atoms with Gasteiger partial charge >= 0.3 is 5.97 Å². The van der Waals surface area contributed by atoms with E-state index in [1.54, 1.807) is 6.92 Å². The molecule has 3 rings (SSSR count). The monoisotopic (exact) mass is 1520 g/mol. The molecule has 106 heavy (non-hydrogen) atoms. The van der Waals surface area contributed by atoms with E-state index in [-0.39, 0.29) is 102 Å². The lowest BCUT2D eigenvalue weighted by Crippen LogP contribution is -2.58. The number of carbonyl (C=O) groups is 11. The van der Waals surface area contributed by atoms with E-state index in [4.69, 9.17) is 64.6 Å². The van der Waals surface area contributed by atoms with E-state index >= 15 is 0 Å². The van der Waals surface area contributed by atoms with Crippen LogP contribution < -0.4 is 65.1 Å². The van der Waals surface area contributed by atoms with Gasteiger partial charge in [-0.2, -0.15) is 0 Å². The Balaban J connectivity index is 1.47. The van der Waals surface area contributed by atoms with Crippen LogP contribution in [0.25, 0.3) is 21.9 Å². The summed E-state index contributed by atoms with van der Waals surface area (Å²) in [5, 5.41) is 43.3. The van der Waals surface area contributed by atoms with Crippen LogP contribution in [0.1, 0.15) is 96.6 Å². The first-order chi connectivity index (χ1) is 50.9. The maximum absolute atomic E-state index is 13.8. The molecule has 0 spiro atoms. The maximum atomic E-state index is 13.8. The van der Waals surface area contributed by atoms with Crippen molar-refractivity contribution in [2.24, 2.45) is 29.0 Å². The number of hydrogen-bond donors (Lipinski definition) is 14. The van der Waals surface area contributed by atoms with Crippen LogP contribution in [0.2, 0.25) is 0 Å². The predicted octanol–water partition coefficient (Wildman–Crippen LogP) is -2.26. The molecule has 1 heterocycles. The van der Waals surface area contributed by atoms with E-state index in [9.17, 15) is 62.1 Å². The van der Waals surface area contributed by atoms with Gasteiger partial charge in [-0.05, 0) is 74.5 Å². The Labute approximate surface area is 620 Å². The molecule has 0 bridgehead atoms. The van der Waals surface area contributed by atoms with E-state index in [2.05, 4.69) is 47.9 Å². The van der Waals surface area contributed by atoms with Crippen LogP contribution in [0, 0.1) is 11.8 Å². The Morgan fingerprint density at radius 3 is 1.46 bits per heavy atom. The summed E-state index contributed by atoms with van der Waals surface area (Å²) < 4.78 is 62.2. The number of aliphatic hydroxyl groups excluding tert-OH is 1. The molecule has 0 aliphatic carbocycles. The fourth-order valence-electron chi connectivity index (χ4n) is 10.4. The predicted molar refractivity (Wildman–Crippen MR) is 390 cm³/mol. The number of benzene rings is 2. The van der Waals surface area contributed by atoms with Crippen LogP contribution >= 0.6 is 0 Å². The zero-order valence-corrected chi connectivity index (χ0v) is 62.5. The first-order valence-corrected chi connectivity index (χ1v) is 37.6. The number of carboxylic acid groups (broad SMARTS) is 1. The number of nitrogens with one attached hydrogen (secondary N) is 9. The summed E-state index contributed by atoms with van der Waals surface area (Å²) in [5.41, 5.74) is 18.9. The Hall–Kier alpha value is -7.88. The summed E-state index contributed by atoms with van der Waals surface area (Å²) in [7, 11) is -1.30. The lowest BCUT2D eigenvalue weighted by molar-refractivity contribution is -0.138. The number of carbonyl (C=O) groups excluding carboxylic acids is 10. The molecule has 0 saturated carbocycles. The van der Waals surface area contributed by atoms with E-state index in [1.165, 1.54) is 6.26 Å². The molecule has 17 N–H and O–H groups in total. The van der Waals surface area contributed by atoms with Crippen LogP contribution in [0.5, 0.6) is 0 Å². The van der Waals surface area contributed by atoms with Gasteiger partial charge in [0.05, 0.1) is 138 Å². The van der Waals surface area contributed by atoms with Crippen LogP contribution in [0.15, 0.2) is 40.8 Å². The summed E-state index contributed by atoms with van der Waals surface area (Å²) in [5.74, 6) is -8.46. The average Bonchev–Trinajstić information content (AvgIpc) is 1.62. The van der Waals surface area contributed by atoms with Gasteiger partial charge in [-0.3, -0.25) is 56.9 Å². The van der Waals surface area contributed by atoms with Gasteiger partial charge in [0, 0.05) is 53.1 Å². The molecule has 3 aromatic rings. The molecule has 1 unspecified atom stereocenters. The van der Waals surface area contributed by atoms with Crippen molar-refractivity contribution in [2.75, 3.05) is 157 Å².